The molecule has 2 aromatic rings. The summed E-state index contributed by atoms with van der Waals surface area (Å²) in [6.45, 7) is 0. The molecule has 1 heterocycles. The molecule has 3 nitrogen and oxygen atoms in total. The SMILES string of the molecule is Fc1cc(Br)ccc1Oc1ccc(CCl)nn1. The molecule has 0 fully saturated rings. The van der Waals surface area contributed by atoms with Crippen LogP contribution >= 0.6 is 27.5 Å². The fraction of sp³-hybridized carbons (Fsp3) is 0.0909. The molecule has 0 saturated carbocycles. The number of rotatable bonds is 3. The van der Waals surface area contributed by atoms with Crippen LogP contribution in [0.1, 0.15) is 5.69 Å². The van der Waals surface area contributed by atoms with Crippen molar-refractivity contribution in [3.05, 3.63) is 46.3 Å². The average molecular weight is 318 g/mol. The highest BCUT2D eigenvalue weighted by Crippen LogP contribution is 2.25. The standard InChI is InChI=1S/C11H7BrClFN2O/c12-7-1-3-10(9(14)5-7)17-11-4-2-8(6-13)15-16-11/h1-5H,6H2. The quantitative estimate of drug-likeness (QED) is 0.805. The van der Waals surface area contributed by atoms with Gasteiger partial charge in [-0.05, 0) is 24.3 Å². The molecule has 0 atom stereocenters. The first-order valence-electron chi connectivity index (χ1n) is 4.70. The van der Waals surface area contributed by atoms with Gasteiger partial charge in [-0.1, -0.05) is 15.9 Å². The molecule has 1 aromatic heterocycles. The van der Waals surface area contributed by atoms with Crippen LogP contribution in [0.25, 0.3) is 0 Å². The van der Waals surface area contributed by atoms with E-state index in [0.717, 1.165) is 0 Å². The van der Waals surface area contributed by atoms with Crippen LogP contribution in [0.15, 0.2) is 34.8 Å². The van der Waals surface area contributed by atoms with Crippen LogP contribution in [0.4, 0.5) is 4.39 Å². The van der Waals surface area contributed by atoms with Crippen molar-refractivity contribution >= 4 is 27.5 Å². The van der Waals surface area contributed by atoms with Crippen LogP contribution in [0.3, 0.4) is 0 Å². The largest absolute Gasteiger partial charge is 0.434 e. The summed E-state index contributed by atoms with van der Waals surface area (Å²) in [6, 6.07) is 7.77. The predicted octanol–water partition coefficient (Wildman–Crippen LogP) is 3.91. The van der Waals surface area contributed by atoms with Crippen LogP contribution in [0, 0.1) is 5.82 Å². The second kappa shape index (κ2) is 5.42. The second-order valence-corrected chi connectivity index (χ2v) is 4.36. The zero-order valence-corrected chi connectivity index (χ0v) is 10.9. The minimum absolute atomic E-state index is 0.0983. The van der Waals surface area contributed by atoms with Gasteiger partial charge in [0.2, 0.25) is 5.88 Å². The Hall–Kier alpha value is -1.20. The summed E-state index contributed by atoms with van der Waals surface area (Å²) in [6.07, 6.45) is 0. The first-order chi connectivity index (χ1) is 8.19. The number of nitrogens with zero attached hydrogens (tertiary/aromatic N) is 2. The summed E-state index contributed by atoms with van der Waals surface area (Å²) in [5, 5.41) is 7.58. The number of ether oxygens (including phenoxy) is 1. The van der Waals surface area contributed by atoms with Crippen molar-refractivity contribution in [2.45, 2.75) is 5.88 Å². The maximum absolute atomic E-state index is 13.5. The maximum Gasteiger partial charge on any atom is 0.239 e. The van der Waals surface area contributed by atoms with E-state index in [1.165, 1.54) is 12.1 Å². The molecule has 0 aliphatic heterocycles. The van der Waals surface area contributed by atoms with E-state index in [1.807, 2.05) is 0 Å². The Morgan fingerprint density at radius 2 is 2.06 bits per heavy atom. The molecule has 6 heteroatoms. The van der Waals surface area contributed by atoms with Gasteiger partial charge in [-0.15, -0.1) is 16.7 Å². The molecule has 0 aliphatic rings. The lowest BCUT2D eigenvalue weighted by Crippen LogP contribution is -1.94. The Kier molecular flexibility index (Phi) is 3.91. The highest BCUT2D eigenvalue weighted by Gasteiger charge is 2.06. The van der Waals surface area contributed by atoms with Crippen LogP contribution in [-0.2, 0) is 5.88 Å². The monoisotopic (exact) mass is 316 g/mol. The number of aromatic nitrogens is 2. The summed E-state index contributed by atoms with van der Waals surface area (Å²) >= 11 is 8.74. The number of hydrogen-bond donors (Lipinski definition) is 0. The molecular weight excluding hydrogens is 310 g/mol. The third-order valence-corrected chi connectivity index (χ3v) is 2.71. The van der Waals surface area contributed by atoms with Crippen LogP contribution in [0.5, 0.6) is 11.6 Å². The van der Waals surface area contributed by atoms with E-state index in [1.54, 1.807) is 18.2 Å². The van der Waals surface area contributed by atoms with Gasteiger partial charge in [-0.2, -0.15) is 5.10 Å². The topological polar surface area (TPSA) is 35.0 Å². The Labute approximate surface area is 111 Å². The van der Waals surface area contributed by atoms with Gasteiger partial charge >= 0.3 is 0 Å². The molecule has 88 valence electrons. The van der Waals surface area contributed by atoms with Gasteiger partial charge in [-0.25, -0.2) is 4.39 Å². The van der Waals surface area contributed by atoms with Crippen LogP contribution < -0.4 is 4.74 Å². The van der Waals surface area contributed by atoms with Crippen molar-refractivity contribution in [1.29, 1.82) is 0 Å². The Bertz CT molecular complexity index is 521. The molecule has 0 unspecified atom stereocenters. The van der Waals surface area contributed by atoms with E-state index in [-0.39, 0.29) is 17.5 Å². The van der Waals surface area contributed by atoms with Gasteiger partial charge < -0.3 is 4.74 Å². The molecule has 0 radical (unpaired) electrons. The Balaban J connectivity index is 2.19. The molecule has 17 heavy (non-hydrogen) atoms. The molecule has 0 bridgehead atoms. The average Bonchev–Trinajstić information content (AvgIpc) is 2.34. The van der Waals surface area contributed by atoms with E-state index in [2.05, 4.69) is 26.1 Å². The van der Waals surface area contributed by atoms with Crippen LogP contribution in [0.2, 0.25) is 0 Å². The lowest BCUT2D eigenvalue weighted by molar-refractivity contribution is 0.421. The second-order valence-electron chi connectivity index (χ2n) is 3.17. The van der Waals surface area contributed by atoms with Crippen molar-refractivity contribution < 1.29 is 9.13 Å². The molecule has 0 aliphatic carbocycles. The van der Waals surface area contributed by atoms with Gasteiger partial charge in [0.25, 0.3) is 0 Å². The minimum Gasteiger partial charge on any atom is -0.434 e. The number of halogens is 3. The van der Waals surface area contributed by atoms with Crippen molar-refractivity contribution in [3.63, 3.8) is 0 Å². The lowest BCUT2D eigenvalue weighted by atomic mass is 10.3. The Morgan fingerprint density at radius 1 is 1.24 bits per heavy atom. The van der Waals surface area contributed by atoms with Crippen LogP contribution in [-0.4, -0.2) is 10.2 Å². The smallest absolute Gasteiger partial charge is 0.239 e. The fourth-order valence-corrected chi connectivity index (χ4v) is 1.62. The third kappa shape index (κ3) is 3.14. The molecule has 0 saturated heterocycles. The first kappa shape index (κ1) is 12.3. The fourth-order valence-electron chi connectivity index (χ4n) is 1.14. The summed E-state index contributed by atoms with van der Waals surface area (Å²) in [5.41, 5.74) is 0.635. The number of alkyl halides is 1. The van der Waals surface area contributed by atoms with Crippen molar-refractivity contribution in [1.82, 2.24) is 10.2 Å². The van der Waals surface area contributed by atoms with Gasteiger partial charge in [0.1, 0.15) is 0 Å². The molecule has 1 aromatic carbocycles. The van der Waals surface area contributed by atoms with Crippen molar-refractivity contribution in [2.24, 2.45) is 0 Å². The Morgan fingerprint density at radius 3 is 2.65 bits per heavy atom. The van der Waals surface area contributed by atoms with Gasteiger partial charge in [0, 0.05) is 10.5 Å². The summed E-state index contributed by atoms with van der Waals surface area (Å²) in [7, 11) is 0. The molecule has 0 spiro atoms. The maximum atomic E-state index is 13.5. The summed E-state index contributed by atoms with van der Waals surface area (Å²) < 4.78 is 19.4. The van der Waals surface area contributed by atoms with Gasteiger partial charge in [-0.3, -0.25) is 0 Å². The minimum atomic E-state index is -0.470. The van der Waals surface area contributed by atoms with E-state index in [0.29, 0.717) is 10.2 Å². The molecule has 0 amide bonds. The third-order valence-electron chi connectivity index (χ3n) is 1.94. The highest BCUT2D eigenvalue weighted by molar-refractivity contribution is 9.10. The summed E-state index contributed by atoms with van der Waals surface area (Å²) in [5.74, 6) is 0.128. The number of benzene rings is 1. The zero-order valence-electron chi connectivity index (χ0n) is 8.53. The lowest BCUT2D eigenvalue weighted by Gasteiger charge is -2.05. The molecule has 0 N–H and O–H groups in total. The zero-order chi connectivity index (χ0) is 12.3. The molecule has 2 rings (SSSR count). The normalized spacial score (nSPS) is 10.3. The van der Waals surface area contributed by atoms with Gasteiger partial charge in [0.15, 0.2) is 11.6 Å². The van der Waals surface area contributed by atoms with E-state index < -0.39 is 5.82 Å². The van der Waals surface area contributed by atoms with Crippen molar-refractivity contribution in [3.8, 4) is 11.6 Å². The summed E-state index contributed by atoms with van der Waals surface area (Å²) in [4.78, 5) is 0. The van der Waals surface area contributed by atoms with Gasteiger partial charge in [0.05, 0.1) is 11.6 Å². The van der Waals surface area contributed by atoms with Crippen molar-refractivity contribution in [2.75, 3.05) is 0 Å². The van der Waals surface area contributed by atoms with E-state index >= 15 is 0 Å². The van der Waals surface area contributed by atoms with E-state index in [9.17, 15) is 4.39 Å². The highest BCUT2D eigenvalue weighted by atomic mass is 79.9. The van der Waals surface area contributed by atoms with E-state index in [4.69, 9.17) is 16.3 Å². The molecular formula is C11H7BrClFN2O. The number of hydrogen-bond acceptors (Lipinski definition) is 3. The predicted molar refractivity (Wildman–Crippen MR) is 65.8 cm³/mol. The first-order valence-corrected chi connectivity index (χ1v) is 6.03.